The van der Waals surface area contributed by atoms with Crippen LogP contribution in [0.3, 0.4) is 0 Å². The Balaban J connectivity index is 2.55. The number of aldehydes is 1. The number of hydrogen-bond acceptors (Lipinski definition) is 4. The topological polar surface area (TPSA) is 62.1 Å². The molecule has 148 valence electrons. The van der Waals surface area contributed by atoms with Gasteiger partial charge >= 0.3 is 6.18 Å². The third-order valence-electron chi connectivity index (χ3n) is 3.92. The monoisotopic (exact) mass is 402 g/mol. The minimum absolute atomic E-state index is 0.00510. The van der Waals surface area contributed by atoms with Crippen molar-refractivity contribution >= 4 is 17.9 Å². The number of halogens is 4. The van der Waals surface area contributed by atoms with Crippen molar-refractivity contribution in [3.05, 3.63) is 40.4 Å². The predicted molar refractivity (Wildman–Crippen MR) is 97.6 cm³/mol. The Bertz CT molecular complexity index is 684. The molecule has 0 aliphatic heterocycles. The summed E-state index contributed by atoms with van der Waals surface area (Å²) in [4.78, 5) is 10.8. The summed E-state index contributed by atoms with van der Waals surface area (Å²) >= 11 is 6.02. The molecule has 0 radical (unpaired) electrons. The molecule has 0 aromatic heterocycles. The Labute approximate surface area is 162 Å². The van der Waals surface area contributed by atoms with Gasteiger partial charge in [-0.1, -0.05) is 23.7 Å². The largest absolute Gasteiger partial charge is 0.494 e. The number of ether oxygens (including phenoxy) is 1. The molecule has 1 N–H and O–H groups in total. The van der Waals surface area contributed by atoms with Crippen molar-refractivity contribution in [1.29, 1.82) is 5.26 Å². The Morgan fingerprint density at radius 3 is 2.78 bits per heavy atom. The molecule has 27 heavy (non-hydrogen) atoms. The normalized spacial score (nSPS) is 13.5. The van der Waals surface area contributed by atoms with Gasteiger partial charge in [0.1, 0.15) is 17.4 Å². The summed E-state index contributed by atoms with van der Waals surface area (Å²) in [7, 11) is 1.77. The zero-order valence-electron chi connectivity index (χ0n) is 15.0. The maximum absolute atomic E-state index is 12.1. The van der Waals surface area contributed by atoms with Crippen molar-refractivity contribution in [2.24, 2.45) is 0 Å². The predicted octanol–water partition coefficient (Wildman–Crippen LogP) is 4.53. The highest BCUT2D eigenvalue weighted by Gasteiger charge is 2.26. The fourth-order valence-electron chi connectivity index (χ4n) is 2.42. The molecule has 0 fully saturated rings. The number of hydrogen-bond donors (Lipinski definition) is 1. The molecule has 0 bridgehead atoms. The average Bonchev–Trinajstić information content (AvgIpc) is 2.63. The summed E-state index contributed by atoms with van der Waals surface area (Å²) in [6, 6.07) is 8.92. The average molecular weight is 403 g/mol. The van der Waals surface area contributed by atoms with Gasteiger partial charge in [0, 0.05) is 17.5 Å². The SMILES string of the molecule is CN[C@@H](CCc1cccc(OCCCC(F)(F)F)c1)C/C(Cl)=C(/C#N)C=O. The molecule has 8 heteroatoms. The van der Waals surface area contributed by atoms with Crippen molar-refractivity contribution in [3.63, 3.8) is 0 Å². The number of nitriles is 1. The maximum atomic E-state index is 12.1. The number of carbonyl (C=O) groups is 1. The van der Waals surface area contributed by atoms with E-state index in [9.17, 15) is 18.0 Å². The first kappa shape index (κ1) is 23.0. The molecular weight excluding hydrogens is 381 g/mol. The summed E-state index contributed by atoms with van der Waals surface area (Å²) < 4.78 is 41.8. The molecule has 0 spiro atoms. The van der Waals surface area contributed by atoms with Gasteiger partial charge in [0.15, 0.2) is 6.29 Å². The number of alkyl halides is 3. The summed E-state index contributed by atoms with van der Waals surface area (Å²) in [5.74, 6) is 0.529. The fraction of sp³-hybridized carbons (Fsp3) is 0.474. The zero-order chi connectivity index (χ0) is 20.3. The zero-order valence-corrected chi connectivity index (χ0v) is 15.7. The van der Waals surface area contributed by atoms with E-state index in [1.165, 1.54) is 0 Å². The smallest absolute Gasteiger partial charge is 0.389 e. The highest BCUT2D eigenvalue weighted by Crippen LogP contribution is 2.22. The minimum atomic E-state index is -4.17. The first-order chi connectivity index (χ1) is 12.8. The summed E-state index contributed by atoms with van der Waals surface area (Å²) in [5, 5.41) is 12.1. The highest BCUT2D eigenvalue weighted by molar-refractivity contribution is 6.31. The summed E-state index contributed by atoms with van der Waals surface area (Å²) in [6.07, 6.45) is -2.95. The van der Waals surface area contributed by atoms with Crippen molar-refractivity contribution in [3.8, 4) is 11.8 Å². The van der Waals surface area contributed by atoms with E-state index in [0.29, 0.717) is 31.3 Å². The maximum Gasteiger partial charge on any atom is 0.389 e. The van der Waals surface area contributed by atoms with E-state index in [1.54, 1.807) is 31.3 Å². The molecule has 4 nitrogen and oxygen atoms in total. The first-order valence-corrected chi connectivity index (χ1v) is 8.86. The summed E-state index contributed by atoms with van der Waals surface area (Å²) in [5.41, 5.74) is 0.894. The first-order valence-electron chi connectivity index (χ1n) is 8.48. The van der Waals surface area contributed by atoms with Gasteiger partial charge in [0.2, 0.25) is 0 Å². The molecule has 1 aromatic rings. The quantitative estimate of drug-likeness (QED) is 0.255. The van der Waals surface area contributed by atoms with Crippen LogP contribution >= 0.6 is 11.6 Å². The van der Waals surface area contributed by atoms with E-state index in [2.05, 4.69) is 5.32 Å². The van der Waals surface area contributed by atoms with Crippen molar-refractivity contribution < 1.29 is 22.7 Å². The van der Waals surface area contributed by atoms with Crippen LogP contribution in [0.15, 0.2) is 34.9 Å². The van der Waals surface area contributed by atoms with Crippen LogP contribution in [0.1, 0.15) is 31.2 Å². The Morgan fingerprint density at radius 2 is 2.19 bits per heavy atom. The molecule has 0 saturated carbocycles. The van der Waals surface area contributed by atoms with Gasteiger partial charge in [0.25, 0.3) is 0 Å². The molecule has 1 aromatic carbocycles. The van der Waals surface area contributed by atoms with Gasteiger partial charge in [-0.3, -0.25) is 4.79 Å². The number of aryl methyl sites for hydroxylation is 1. The lowest BCUT2D eigenvalue weighted by atomic mass is 10.0. The number of benzene rings is 1. The molecule has 0 heterocycles. The molecule has 1 atom stereocenters. The van der Waals surface area contributed by atoms with E-state index in [1.807, 2.05) is 6.07 Å². The molecule has 0 aliphatic rings. The Morgan fingerprint density at radius 1 is 1.44 bits per heavy atom. The van der Waals surface area contributed by atoms with Crippen LogP contribution in [0, 0.1) is 11.3 Å². The van der Waals surface area contributed by atoms with Crippen LogP contribution < -0.4 is 10.1 Å². The molecule has 0 amide bonds. The van der Waals surface area contributed by atoms with Gasteiger partial charge < -0.3 is 10.1 Å². The van der Waals surface area contributed by atoms with Crippen molar-refractivity contribution in [1.82, 2.24) is 5.32 Å². The standard InChI is InChI=1S/C19H22ClF3N2O2/c1-25-16(11-18(20)15(12-24)13-26)7-6-14-4-2-5-17(10-14)27-9-3-8-19(21,22)23/h2,4-5,10,13,16,25H,3,6-9,11H2,1H3/b18-15+/t16-/m0/s1. The molecule has 0 unspecified atom stereocenters. The highest BCUT2D eigenvalue weighted by atomic mass is 35.5. The van der Waals surface area contributed by atoms with Gasteiger partial charge in [-0.15, -0.1) is 0 Å². The molecule has 0 saturated heterocycles. The molecule has 0 aliphatic carbocycles. The Hall–Kier alpha value is -2.04. The number of nitrogens with zero attached hydrogens (tertiary/aromatic N) is 1. The van der Waals surface area contributed by atoms with Gasteiger partial charge in [-0.25, -0.2) is 0 Å². The minimum Gasteiger partial charge on any atom is -0.494 e. The molecule has 1 rings (SSSR count). The van der Waals surface area contributed by atoms with E-state index in [0.717, 1.165) is 5.56 Å². The van der Waals surface area contributed by atoms with Gasteiger partial charge in [-0.05, 0) is 50.4 Å². The van der Waals surface area contributed by atoms with Crippen molar-refractivity contribution in [2.75, 3.05) is 13.7 Å². The molecular formula is C19H22ClF3N2O2. The second-order valence-corrected chi connectivity index (χ2v) is 6.45. The second kappa shape index (κ2) is 11.6. The fourth-order valence-corrected chi connectivity index (χ4v) is 2.69. The number of rotatable bonds is 11. The summed E-state index contributed by atoms with van der Waals surface area (Å²) in [6.45, 7) is 0.00510. The third-order valence-corrected chi connectivity index (χ3v) is 4.28. The van der Waals surface area contributed by atoms with Crippen LogP contribution in [-0.4, -0.2) is 32.2 Å². The van der Waals surface area contributed by atoms with Gasteiger partial charge in [0.05, 0.1) is 6.61 Å². The van der Waals surface area contributed by atoms with Crippen LogP contribution in [-0.2, 0) is 11.2 Å². The third kappa shape index (κ3) is 9.45. The Kier molecular flexibility index (Phi) is 9.90. The van der Waals surface area contributed by atoms with Crippen LogP contribution in [0.2, 0.25) is 0 Å². The van der Waals surface area contributed by atoms with Crippen molar-refractivity contribution in [2.45, 2.75) is 44.3 Å². The lowest BCUT2D eigenvalue weighted by molar-refractivity contribution is -0.136. The van der Waals surface area contributed by atoms with Crippen LogP contribution in [0.4, 0.5) is 13.2 Å². The second-order valence-electron chi connectivity index (χ2n) is 5.99. The van der Waals surface area contributed by atoms with E-state index < -0.39 is 12.6 Å². The lowest BCUT2D eigenvalue weighted by Gasteiger charge is -2.16. The van der Waals surface area contributed by atoms with E-state index in [-0.39, 0.29) is 29.7 Å². The number of nitrogens with one attached hydrogen (secondary N) is 1. The van der Waals surface area contributed by atoms with E-state index in [4.69, 9.17) is 21.6 Å². The van der Waals surface area contributed by atoms with Crippen LogP contribution in [0.5, 0.6) is 5.75 Å². The van der Waals surface area contributed by atoms with Crippen LogP contribution in [0.25, 0.3) is 0 Å². The lowest BCUT2D eigenvalue weighted by Crippen LogP contribution is -2.26. The number of carbonyl (C=O) groups excluding carboxylic acids is 1. The van der Waals surface area contributed by atoms with Gasteiger partial charge in [-0.2, -0.15) is 18.4 Å². The van der Waals surface area contributed by atoms with E-state index >= 15 is 0 Å². The number of allylic oxidation sites excluding steroid dienone is 1.